The molecule has 4 heterocycles. The maximum Gasteiger partial charge on any atom is 0.394 e. The number of anilines is 1. The third kappa shape index (κ3) is 5.18. The summed E-state index contributed by atoms with van der Waals surface area (Å²) in [7, 11) is 0.0640. The molecule has 2 fully saturated rings. The number of sulfone groups is 1. The highest BCUT2D eigenvalue weighted by atomic mass is 32.2. The lowest BCUT2D eigenvalue weighted by Gasteiger charge is -2.59. The van der Waals surface area contributed by atoms with E-state index in [1.54, 1.807) is 18.3 Å². The van der Waals surface area contributed by atoms with Gasteiger partial charge in [-0.3, -0.25) is 0 Å². The molecule has 1 atom stereocenters. The van der Waals surface area contributed by atoms with Crippen molar-refractivity contribution in [1.82, 2.24) is 19.6 Å². The van der Waals surface area contributed by atoms with E-state index < -0.39 is 22.4 Å². The molecule has 202 valence electrons. The van der Waals surface area contributed by atoms with Crippen LogP contribution in [0.4, 0.5) is 18.9 Å². The maximum absolute atomic E-state index is 13.5. The van der Waals surface area contributed by atoms with Crippen molar-refractivity contribution in [2.24, 2.45) is 0 Å². The van der Waals surface area contributed by atoms with Crippen LogP contribution in [0.3, 0.4) is 0 Å². The van der Waals surface area contributed by atoms with Gasteiger partial charge in [-0.25, -0.2) is 13.4 Å². The van der Waals surface area contributed by atoms with E-state index in [4.69, 9.17) is 4.74 Å². The summed E-state index contributed by atoms with van der Waals surface area (Å²) in [4.78, 5) is 6.87. The Morgan fingerprint density at radius 1 is 1.29 bits per heavy atom. The number of hydrogen-bond donors (Lipinski definition) is 2. The Hall–Kier alpha value is -3.27. The highest BCUT2D eigenvalue weighted by molar-refractivity contribution is 7.90. The minimum Gasteiger partial charge on any atom is -0.495 e. The topological polar surface area (TPSA) is 88.0 Å². The fourth-order valence-electron chi connectivity index (χ4n) is 5.32. The quantitative estimate of drug-likeness (QED) is 0.459. The zero-order valence-corrected chi connectivity index (χ0v) is 22.0. The van der Waals surface area contributed by atoms with Gasteiger partial charge in [-0.1, -0.05) is 12.0 Å². The molecule has 2 aliphatic rings. The minimum atomic E-state index is -4.43. The van der Waals surface area contributed by atoms with Crippen molar-refractivity contribution >= 4 is 21.2 Å². The Kier molecular flexibility index (Phi) is 6.57. The van der Waals surface area contributed by atoms with Gasteiger partial charge in [0.2, 0.25) is 0 Å². The van der Waals surface area contributed by atoms with E-state index in [0.717, 1.165) is 31.3 Å². The lowest BCUT2D eigenvalue weighted by molar-refractivity contribution is -0.128. The summed E-state index contributed by atoms with van der Waals surface area (Å²) < 4.78 is 70.8. The van der Waals surface area contributed by atoms with E-state index in [0.29, 0.717) is 17.1 Å². The summed E-state index contributed by atoms with van der Waals surface area (Å²) >= 11 is 0. The maximum atomic E-state index is 13.5. The number of halogens is 3. The molecule has 1 spiro atoms. The molecule has 0 saturated carbocycles. The number of fused-ring (bicyclic) bond motifs is 1. The van der Waals surface area contributed by atoms with Crippen molar-refractivity contribution in [3.63, 3.8) is 0 Å². The molecule has 3 aromatic rings. The van der Waals surface area contributed by atoms with E-state index in [1.807, 2.05) is 6.07 Å². The number of likely N-dealkylation sites (tertiary alicyclic amines) is 1. The van der Waals surface area contributed by atoms with Crippen LogP contribution in [0.5, 0.6) is 5.75 Å². The van der Waals surface area contributed by atoms with E-state index in [1.165, 1.54) is 23.6 Å². The number of nitrogens with zero attached hydrogens (tertiary/aromatic N) is 3. The predicted molar refractivity (Wildman–Crippen MR) is 137 cm³/mol. The molecule has 5 rings (SSSR count). The number of pyridine rings is 1. The molecule has 2 saturated heterocycles. The molecule has 12 heteroatoms. The number of likely N-dealkylation sites (N-methyl/N-ethyl adjacent to an activating group) is 1. The molecule has 0 amide bonds. The summed E-state index contributed by atoms with van der Waals surface area (Å²) in [5.41, 5.74) is 2.00. The Morgan fingerprint density at radius 3 is 2.66 bits per heavy atom. The van der Waals surface area contributed by atoms with Gasteiger partial charge in [0.25, 0.3) is 0 Å². The summed E-state index contributed by atoms with van der Waals surface area (Å²) in [6.07, 6.45) is -1.98. The van der Waals surface area contributed by atoms with E-state index in [2.05, 4.69) is 39.4 Å². The number of alkyl halides is 3. The molecular weight excluding hydrogens is 519 g/mol. The number of imidazole rings is 1. The van der Waals surface area contributed by atoms with Gasteiger partial charge in [0, 0.05) is 48.8 Å². The van der Waals surface area contributed by atoms with E-state index >= 15 is 0 Å². The van der Waals surface area contributed by atoms with Crippen molar-refractivity contribution in [1.29, 1.82) is 0 Å². The van der Waals surface area contributed by atoms with Crippen LogP contribution in [0.25, 0.3) is 5.65 Å². The van der Waals surface area contributed by atoms with Crippen molar-refractivity contribution in [2.75, 3.05) is 45.4 Å². The van der Waals surface area contributed by atoms with Crippen LogP contribution in [0.15, 0.2) is 41.4 Å². The molecular formula is C26H28F3N5O3S. The first-order valence-corrected chi connectivity index (χ1v) is 13.9. The lowest BCUT2D eigenvalue weighted by Crippen LogP contribution is -2.75. The standard InChI is InChI=1S/C26H28F3N5O3S/c1-33-15-25(16-33)13-21(32-25)18-6-5-11-34-22(14-26(27,28)29)19(31-24(18)34)7-4-10-30-20-9-8-17(38(3,35)36)12-23(20)37-2/h5-6,8-9,11-12,21,30,32H,10,13-16H2,1-3H3/t21-/m0/s1. The minimum absolute atomic E-state index is 0.00523. The number of rotatable bonds is 6. The average molecular weight is 548 g/mol. The summed E-state index contributed by atoms with van der Waals surface area (Å²) in [5.74, 6) is 5.97. The summed E-state index contributed by atoms with van der Waals surface area (Å²) in [5, 5.41) is 6.61. The van der Waals surface area contributed by atoms with Crippen LogP contribution in [-0.2, 0) is 16.3 Å². The Bertz CT molecular complexity index is 1540. The molecule has 0 unspecified atom stereocenters. The largest absolute Gasteiger partial charge is 0.495 e. The summed E-state index contributed by atoms with van der Waals surface area (Å²) in [6.45, 7) is 1.98. The monoisotopic (exact) mass is 547 g/mol. The third-order valence-corrected chi connectivity index (χ3v) is 8.03. The van der Waals surface area contributed by atoms with Crippen molar-refractivity contribution in [3.8, 4) is 17.6 Å². The SMILES string of the molecule is COc1cc(S(C)(=O)=O)ccc1NCC#Cc1nc2c([C@@H]3CC4(CN(C)C4)N3)cccn2c1CC(F)(F)F. The summed E-state index contributed by atoms with van der Waals surface area (Å²) in [6, 6.07) is 8.07. The van der Waals surface area contributed by atoms with Crippen LogP contribution < -0.4 is 15.4 Å². The first-order chi connectivity index (χ1) is 17.9. The van der Waals surface area contributed by atoms with Crippen LogP contribution in [-0.4, -0.2) is 74.5 Å². The van der Waals surface area contributed by atoms with Crippen LogP contribution in [0.1, 0.15) is 29.4 Å². The molecule has 1 aromatic carbocycles. The van der Waals surface area contributed by atoms with Crippen molar-refractivity contribution in [3.05, 3.63) is 53.5 Å². The molecule has 38 heavy (non-hydrogen) atoms. The zero-order valence-electron chi connectivity index (χ0n) is 21.2. The second-order valence-corrected chi connectivity index (χ2v) is 12.0. The van der Waals surface area contributed by atoms with Gasteiger partial charge < -0.3 is 24.7 Å². The Morgan fingerprint density at radius 2 is 2.03 bits per heavy atom. The fourth-order valence-corrected chi connectivity index (χ4v) is 5.95. The number of nitrogens with one attached hydrogen (secondary N) is 2. The fraction of sp³-hybridized carbons (Fsp3) is 0.423. The van der Waals surface area contributed by atoms with Gasteiger partial charge >= 0.3 is 6.18 Å². The Balaban J connectivity index is 1.40. The number of methoxy groups -OCH3 is 1. The Labute approximate surface area is 219 Å². The van der Waals surface area contributed by atoms with Gasteiger partial charge in [0.15, 0.2) is 9.84 Å². The second-order valence-electron chi connectivity index (χ2n) is 10.00. The van der Waals surface area contributed by atoms with Crippen molar-refractivity contribution in [2.45, 2.75) is 35.5 Å². The van der Waals surface area contributed by atoms with Gasteiger partial charge in [-0.15, -0.1) is 0 Å². The number of hydrogen-bond acceptors (Lipinski definition) is 7. The molecule has 0 bridgehead atoms. The smallest absolute Gasteiger partial charge is 0.394 e. The third-order valence-electron chi connectivity index (χ3n) is 6.92. The van der Waals surface area contributed by atoms with Gasteiger partial charge in [0.05, 0.1) is 36.4 Å². The van der Waals surface area contributed by atoms with Gasteiger partial charge in [-0.05, 0) is 37.6 Å². The molecule has 0 aliphatic carbocycles. The number of aromatic nitrogens is 2. The first kappa shape index (κ1) is 26.3. The molecule has 2 N–H and O–H groups in total. The normalized spacial score (nSPS) is 18.9. The molecule has 0 radical (unpaired) electrons. The van der Waals surface area contributed by atoms with Crippen LogP contribution >= 0.6 is 0 Å². The zero-order chi connectivity index (χ0) is 27.3. The van der Waals surface area contributed by atoms with Crippen LogP contribution in [0, 0.1) is 11.8 Å². The van der Waals surface area contributed by atoms with Crippen molar-refractivity contribution < 1.29 is 26.3 Å². The molecule has 8 nitrogen and oxygen atoms in total. The molecule has 2 aromatic heterocycles. The molecule has 2 aliphatic heterocycles. The second kappa shape index (κ2) is 9.48. The lowest BCUT2D eigenvalue weighted by atomic mass is 9.73. The average Bonchev–Trinajstić information content (AvgIpc) is 3.13. The van der Waals surface area contributed by atoms with Gasteiger partial charge in [0.1, 0.15) is 17.1 Å². The highest BCUT2D eigenvalue weighted by Crippen LogP contribution is 2.42. The predicted octanol–water partition coefficient (Wildman–Crippen LogP) is 3.03. The number of ether oxygens (including phenoxy) is 1. The first-order valence-electron chi connectivity index (χ1n) is 12.0. The number of benzene rings is 1. The van der Waals surface area contributed by atoms with Crippen LogP contribution in [0.2, 0.25) is 0 Å². The highest BCUT2D eigenvalue weighted by Gasteiger charge is 2.51. The van der Waals surface area contributed by atoms with E-state index in [9.17, 15) is 21.6 Å². The van der Waals surface area contributed by atoms with E-state index in [-0.39, 0.29) is 34.4 Å². The van der Waals surface area contributed by atoms with Gasteiger partial charge in [-0.2, -0.15) is 13.2 Å².